The van der Waals surface area contributed by atoms with Gasteiger partial charge in [0.25, 0.3) is 0 Å². The predicted octanol–water partition coefficient (Wildman–Crippen LogP) is 1.27. The van der Waals surface area contributed by atoms with Gasteiger partial charge in [-0.3, -0.25) is 0 Å². The number of nitrogens with two attached hydrogens (primary N) is 1. The summed E-state index contributed by atoms with van der Waals surface area (Å²) in [7, 11) is 0. The maximum absolute atomic E-state index is 9.90. The fourth-order valence-corrected chi connectivity index (χ4v) is 10.6. The van der Waals surface area contributed by atoms with Crippen LogP contribution in [-0.2, 0) is 39.6 Å². The van der Waals surface area contributed by atoms with Crippen molar-refractivity contribution < 1.29 is 63.4 Å². The lowest BCUT2D eigenvalue weighted by molar-refractivity contribution is 0.120. The molecule has 0 unspecified atom stereocenters. The molecule has 7 aliphatic rings. The highest BCUT2D eigenvalue weighted by Gasteiger charge is 2.25. The van der Waals surface area contributed by atoms with Crippen molar-refractivity contribution >= 4 is 71.9 Å². The Morgan fingerprint density at radius 2 is 0.720 bits per heavy atom. The average Bonchev–Trinajstić information content (AvgIpc) is 0.848. The van der Waals surface area contributed by atoms with Crippen LogP contribution >= 0.6 is 0 Å². The van der Waals surface area contributed by atoms with Crippen LogP contribution in [0.4, 0.5) is 59.5 Å². The van der Waals surface area contributed by atoms with Gasteiger partial charge >= 0.3 is 6.01 Å². The molecule has 11 heterocycles. The zero-order valence-electron chi connectivity index (χ0n) is 55.6. The molecule has 3 aromatic carbocycles. The number of nitrogen functional groups attached to an aromatic ring is 1. The summed E-state index contributed by atoms with van der Waals surface area (Å²) in [6.07, 6.45) is 3.42. The van der Waals surface area contributed by atoms with Crippen LogP contribution in [0.15, 0.2) is 70.9 Å². The monoisotopic (exact) mass is 1380 g/mol. The van der Waals surface area contributed by atoms with Crippen LogP contribution in [0.25, 0.3) is 0 Å². The number of para-hydroxylation sites is 1. The lowest BCUT2D eigenvalue weighted by Gasteiger charge is -2.30. The summed E-state index contributed by atoms with van der Waals surface area (Å²) in [5.74, 6) is 5.76. The topological polar surface area (TPSA) is 427 Å². The summed E-state index contributed by atoms with van der Waals surface area (Å²) >= 11 is 0. The number of aryl methyl sites for hydroxylation is 1. The number of hydrogen-bond acceptors (Lipinski definition) is 37. The Labute approximate surface area is 576 Å². The maximum Gasteiger partial charge on any atom is 0.323 e. The lowest BCUT2D eigenvalue weighted by Crippen LogP contribution is -2.40. The highest BCUT2D eigenvalue weighted by atomic mass is 16.5. The second kappa shape index (κ2) is 36.4. The molecule has 7 aromatic rings. The van der Waals surface area contributed by atoms with Crippen LogP contribution in [0.5, 0.6) is 34.8 Å². The van der Waals surface area contributed by atoms with E-state index in [0.29, 0.717) is 208 Å². The number of morpholine rings is 7. The van der Waals surface area contributed by atoms with Crippen molar-refractivity contribution in [1.82, 2.24) is 59.8 Å². The minimum atomic E-state index is -0.0748. The van der Waals surface area contributed by atoms with Crippen molar-refractivity contribution in [2.75, 3.05) is 242 Å². The van der Waals surface area contributed by atoms with Crippen molar-refractivity contribution in [1.29, 1.82) is 0 Å². The lowest BCUT2D eigenvalue weighted by atomic mass is 10.1. The zero-order valence-corrected chi connectivity index (χ0v) is 55.6. The number of anilines is 10. The van der Waals surface area contributed by atoms with Crippen LogP contribution in [0.3, 0.4) is 0 Å². The number of nitrogens with one attached hydrogen (secondary N) is 2. The van der Waals surface area contributed by atoms with Gasteiger partial charge in [0.2, 0.25) is 59.5 Å². The Balaban J connectivity index is 0.000000136. The fourth-order valence-electron chi connectivity index (χ4n) is 10.6. The number of hydrogen-bond donors (Lipinski definition) is 8. The quantitative estimate of drug-likeness (QED) is 0.0470. The van der Waals surface area contributed by atoms with Crippen LogP contribution in [-0.4, -0.2) is 288 Å². The molecule has 14 rings (SSSR count). The van der Waals surface area contributed by atoms with Gasteiger partial charge in [0.15, 0.2) is 0 Å². The van der Waals surface area contributed by atoms with E-state index in [1.807, 2.05) is 17.0 Å². The molecule has 7 fully saturated rings. The van der Waals surface area contributed by atoms with E-state index in [-0.39, 0.29) is 34.7 Å². The van der Waals surface area contributed by atoms with Gasteiger partial charge in [-0.1, -0.05) is 18.2 Å². The van der Waals surface area contributed by atoms with Gasteiger partial charge in [-0.25, -0.2) is 10.9 Å². The first-order valence-electron chi connectivity index (χ1n) is 33.0. The Morgan fingerprint density at radius 1 is 0.400 bits per heavy atom. The molecule has 0 aliphatic carbocycles. The zero-order chi connectivity index (χ0) is 69.3. The average molecular weight is 1390 g/mol. The number of phenolic OH excluding ortho intramolecular Hbond substituents is 5. The smallest absolute Gasteiger partial charge is 0.323 e. The van der Waals surface area contributed by atoms with Gasteiger partial charge < -0.3 is 103 Å². The Kier molecular flexibility index (Phi) is 25.8. The van der Waals surface area contributed by atoms with Crippen LogP contribution < -0.4 is 55.6 Å². The van der Waals surface area contributed by atoms with Crippen molar-refractivity contribution in [3.05, 3.63) is 83.2 Å². The van der Waals surface area contributed by atoms with Crippen molar-refractivity contribution in [2.45, 2.75) is 13.3 Å². The third-order valence-corrected chi connectivity index (χ3v) is 16.0. The summed E-state index contributed by atoms with van der Waals surface area (Å²) in [6.45, 7) is 21.7. The molecule has 534 valence electrons. The summed E-state index contributed by atoms with van der Waals surface area (Å²) < 4.78 is 43.5. The Bertz CT molecular complexity index is 3670. The van der Waals surface area contributed by atoms with E-state index in [1.54, 1.807) is 31.2 Å². The van der Waals surface area contributed by atoms with Crippen LogP contribution in [0.2, 0.25) is 0 Å². The molecule has 4 aromatic heterocycles. The van der Waals surface area contributed by atoms with Gasteiger partial charge in [0.05, 0.1) is 112 Å². The molecule has 100 heavy (non-hydrogen) atoms. The number of aromatic nitrogens is 12. The third-order valence-electron chi connectivity index (χ3n) is 16.0. The number of rotatable bonds is 17. The molecule has 7 saturated heterocycles. The van der Waals surface area contributed by atoms with Crippen molar-refractivity contribution in [3.63, 3.8) is 0 Å². The largest absolute Gasteiger partial charge is 0.508 e. The molecule has 0 amide bonds. The predicted molar refractivity (Wildman–Crippen MR) is 369 cm³/mol. The first-order valence-corrected chi connectivity index (χ1v) is 33.0. The van der Waals surface area contributed by atoms with Crippen molar-refractivity contribution in [3.8, 4) is 34.8 Å². The number of aromatic hydroxyl groups is 5. The van der Waals surface area contributed by atoms with Crippen molar-refractivity contribution in [2.24, 2.45) is 10.2 Å². The SMILES string of the molecule is Cc1nc(N/N=C/c2ccc(O)cc2O)nc(N2CCOCC2)n1.Nc1nc(N2CCOCC2)nc(N2CCOCC2)n1.Oc1ccc(/C=N/Nc2nc(N3CCOCC3)nc(N3CCOCC3)n2)c(O)c1.Oc1ccccc1CCOc1nc(N2CCOCC2)nc(N2CCOCC2)n1. The molecule has 0 atom stereocenters. The molecule has 37 heteroatoms. The van der Waals surface area contributed by atoms with Gasteiger partial charge in [-0.2, -0.15) is 70.0 Å². The van der Waals surface area contributed by atoms with Crippen LogP contribution in [0.1, 0.15) is 22.5 Å². The Morgan fingerprint density at radius 3 is 1.07 bits per heavy atom. The number of benzene rings is 3. The molecule has 9 N–H and O–H groups in total. The highest BCUT2D eigenvalue weighted by molar-refractivity contribution is 5.84. The van der Waals surface area contributed by atoms with E-state index in [1.165, 1.54) is 36.7 Å². The van der Waals surface area contributed by atoms with E-state index in [0.717, 1.165) is 71.0 Å². The maximum atomic E-state index is 9.90. The highest BCUT2D eigenvalue weighted by Crippen LogP contribution is 2.26. The third kappa shape index (κ3) is 21.0. The van der Waals surface area contributed by atoms with E-state index >= 15 is 0 Å². The first kappa shape index (κ1) is 70.9. The molecular formula is C63H84N24O13. The van der Waals surface area contributed by atoms with Gasteiger partial charge in [0.1, 0.15) is 34.6 Å². The fraction of sp³-hybridized carbons (Fsp3) is 0.492. The first-order chi connectivity index (χ1) is 48.9. The molecule has 37 nitrogen and oxygen atoms in total. The molecule has 0 radical (unpaired) electrons. The number of phenols is 5. The van der Waals surface area contributed by atoms with E-state index in [9.17, 15) is 25.5 Å². The van der Waals surface area contributed by atoms with Crippen LogP contribution in [0, 0.1) is 6.92 Å². The molecule has 0 saturated carbocycles. The van der Waals surface area contributed by atoms with E-state index in [2.05, 4.69) is 110 Å². The minimum Gasteiger partial charge on any atom is -0.508 e. The molecular weight excluding hydrogens is 1300 g/mol. The minimum absolute atomic E-state index is 0.0131. The summed E-state index contributed by atoms with van der Waals surface area (Å²) in [5, 5.41) is 56.2. The second-order valence-electron chi connectivity index (χ2n) is 22.9. The Hall–Kier alpha value is -10.4. The normalized spacial score (nSPS) is 17.6. The number of ether oxygens (including phenoxy) is 8. The molecule has 7 aliphatic heterocycles. The second-order valence-corrected chi connectivity index (χ2v) is 22.9. The number of nitrogens with zero attached hydrogens (tertiary/aromatic N) is 21. The molecule has 0 bridgehead atoms. The standard InChI is InChI=1S/C19H25N5O4.C18H23N7O4.C15H18N6O3.C11H18N6O2/c25-16-4-2-1-3-15(16)5-10-28-19-21-17(23-6-11-26-12-7-23)20-18(22-19)24-8-13-27-14-9-24;26-14-2-1-13(15(27)11-14)12-19-23-16-20-17(24-3-7-28-8-4-24)22-18(21-16)25-5-9-29-10-6-25;1-10-17-14(19-15(18-10)21-4-6-24-7-5-21)20-16-9-11-2-3-12(22)8-13(11)23;12-9-13-10(16-1-5-18-6-2-16)15-11(14-9)17-3-7-19-8-4-17/h1-4,25H,5-14H2;1-2,11-12,26-27H,3-10H2,(H,20,21,22,23);2-3,8-9,22-23H,4-7H2,1H3,(H,17,18,19,20);1-8H2,(H2,12,13,14,15)/b;19-12+;16-9+;. The van der Waals surface area contributed by atoms with E-state index in [4.69, 9.17) is 43.6 Å². The molecule has 0 spiro atoms. The summed E-state index contributed by atoms with van der Waals surface area (Å²) in [5.41, 5.74) is 13.1. The van der Waals surface area contributed by atoms with Gasteiger partial charge in [0, 0.05) is 121 Å². The summed E-state index contributed by atoms with van der Waals surface area (Å²) in [6, 6.07) is 16.1. The van der Waals surface area contributed by atoms with Gasteiger partial charge in [-0.15, -0.1) is 0 Å². The summed E-state index contributed by atoms with van der Waals surface area (Å²) in [4.78, 5) is 67.6. The van der Waals surface area contributed by atoms with E-state index < -0.39 is 0 Å². The number of hydrazone groups is 2. The van der Waals surface area contributed by atoms with Gasteiger partial charge in [-0.05, 0) is 42.8 Å².